The van der Waals surface area contributed by atoms with E-state index in [1.807, 2.05) is 24.3 Å². The third-order valence-corrected chi connectivity index (χ3v) is 15.0. The van der Waals surface area contributed by atoms with Crippen molar-refractivity contribution in [1.82, 2.24) is 4.90 Å². The Morgan fingerprint density at radius 3 is 2.44 bits per heavy atom. The lowest BCUT2D eigenvalue weighted by Crippen LogP contribution is -2.70. The maximum Gasteiger partial charge on any atom is 0.239 e. The minimum Gasteiger partial charge on any atom is -0.459 e. The van der Waals surface area contributed by atoms with Crippen LogP contribution in [0.15, 0.2) is 119 Å². The summed E-state index contributed by atoms with van der Waals surface area (Å²) in [5, 5.41) is 27.0. The summed E-state index contributed by atoms with van der Waals surface area (Å²) in [5.74, 6) is 1.15. The molecule has 8 rings (SSSR count). The van der Waals surface area contributed by atoms with E-state index >= 15 is 4.79 Å². The van der Waals surface area contributed by atoms with Crippen LogP contribution in [-0.4, -0.2) is 71.7 Å². The molecule has 9 nitrogen and oxygen atoms in total. The Balaban J connectivity index is 1.32. The molecule has 2 saturated carbocycles. The van der Waals surface area contributed by atoms with Gasteiger partial charge in [0.2, 0.25) is 11.7 Å². The Hall–Kier alpha value is -4.61. The molecule has 6 atom stereocenters. The Kier molecular flexibility index (Phi) is 15.5. The highest BCUT2D eigenvalue weighted by Gasteiger charge is 2.65. The molecule has 0 saturated heterocycles. The number of aliphatic hydroxyl groups excluding tert-OH is 2. The molecule has 0 bridgehead atoms. The number of hydrogen-bond donors (Lipinski definition) is 2. The van der Waals surface area contributed by atoms with Crippen LogP contribution in [0.4, 0.5) is 0 Å². The molecule has 0 radical (unpaired) electrons. The van der Waals surface area contributed by atoms with Gasteiger partial charge in [0.1, 0.15) is 30.4 Å². The average molecular weight is 887 g/mol. The maximum absolute atomic E-state index is 15.3. The molecule has 2 fully saturated rings. The minimum absolute atomic E-state index is 0.0787. The van der Waals surface area contributed by atoms with Gasteiger partial charge in [-0.15, -0.1) is 18.3 Å². The van der Waals surface area contributed by atoms with Crippen LogP contribution in [-0.2, 0) is 20.9 Å². The number of thioether (sulfide) groups is 1. The first-order valence-electron chi connectivity index (χ1n) is 23.6. The first-order chi connectivity index (χ1) is 31.4. The first kappa shape index (κ1) is 45.9. The third kappa shape index (κ3) is 9.81. The monoisotopic (exact) mass is 886 g/mol. The lowest BCUT2D eigenvalue weighted by molar-refractivity contribution is -0.258. The van der Waals surface area contributed by atoms with E-state index in [1.165, 1.54) is 25.7 Å². The number of fused-ring (bicyclic) bond motifs is 3. The number of amides is 1. The molecule has 3 aliphatic carbocycles. The molecule has 4 aromatic rings. The summed E-state index contributed by atoms with van der Waals surface area (Å²) >= 11 is 1.69. The fourth-order valence-electron chi connectivity index (χ4n) is 11.4. The number of oxime groups is 1. The lowest BCUT2D eigenvalue weighted by Gasteiger charge is -2.60. The number of rotatable bonds is 21. The summed E-state index contributed by atoms with van der Waals surface area (Å²) in [7, 11) is 1.60. The van der Waals surface area contributed by atoms with E-state index in [0.717, 1.165) is 75.9 Å². The number of carbonyl (C=O) groups is 1. The smallest absolute Gasteiger partial charge is 0.239 e. The molecular formula is C54H66N2O7S. The van der Waals surface area contributed by atoms with Gasteiger partial charge in [0.15, 0.2) is 0 Å². The number of hydrogen-bond acceptors (Lipinski definition) is 9. The highest BCUT2D eigenvalue weighted by Crippen LogP contribution is 2.62. The zero-order valence-corrected chi connectivity index (χ0v) is 38.5. The topological polar surface area (TPSA) is 110 Å². The predicted octanol–water partition coefficient (Wildman–Crippen LogP) is 11.6. The zero-order valence-electron chi connectivity index (χ0n) is 37.7. The van der Waals surface area contributed by atoms with Crippen LogP contribution in [0, 0.1) is 23.7 Å². The summed E-state index contributed by atoms with van der Waals surface area (Å²) in [6, 6.07) is 28.4. The summed E-state index contributed by atoms with van der Waals surface area (Å²) in [5.41, 5.74) is 3.90. The Labute approximate surface area is 383 Å². The fraction of sp³-hybridized carbons (Fsp3) is 0.481. The summed E-state index contributed by atoms with van der Waals surface area (Å²) in [6.45, 7) is 4.95. The second-order valence-corrected chi connectivity index (χ2v) is 19.0. The highest BCUT2D eigenvalue weighted by molar-refractivity contribution is 7.98. The molecule has 0 unspecified atom stereocenters. The molecule has 1 aliphatic heterocycles. The average Bonchev–Trinajstić information content (AvgIpc) is 3.85. The van der Waals surface area contributed by atoms with Crippen molar-refractivity contribution in [2.45, 2.75) is 113 Å². The van der Waals surface area contributed by atoms with Gasteiger partial charge in [-0.2, -0.15) is 0 Å². The molecule has 4 aromatic carbocycles. The molecule has 2 N–H and O–H groups in total. The van der Waals surface area contributed by atoms with Crippen molar-refractivity contribution in [3.05, 3.63) is 120 Å². The minimum atomic E-state index is -1.33. The molecule has 0 spiro atoms. The molecule has 10 heteroatoms. The molecule has 4 aliphatic rings. The van der Waals surface area contributed by atoms with E-state index in [-0.39, 0.29) is 43.5 Å². The van der Waals surface area contributed by atoms with Crippen LogP contribution in [0.25, 0.3) is 10.8 Å². The second-order valence-electron chi connectivity index (χ2n) is 18.1. The summed E-state index contributed by atoms with van der Waals surface area (Å²) < 4.78 is 21.4. The standard InChI is InChI=1S/C54H66N2O7S/c1-4-32-61-54-50(56(51(59)29-22-37-14-5-6-15-37)36-40-19-13-18-38-16-7-8-20-44(38)40)35-48(55-60-2)46-33-39(17-9-11-30-57)45(21-10-12-31-58)52(53(46)54)47-34-42(25-28-49(47)63-54)62-41-23-26-43(64-3)27-24-41/h4,7-8,13,16,18-20,23-28,33-34,37,39,45,50,52-53,57-58H,1,5-6,9-12,14-15,17,21-22,29-32,35-36H2,2-3H3/t39-,45+,50-,52+,53+,54+/m0/s1. The maximum atomic E-state index is 15.3. The normalized spacial score (nSPS) is 24.4. The van der Waals surface area contributed by atoms with Gasteiger partial charge < -0.3 is 34.2 Å². The van der Waals surface area contributed by atoms with Gasteiger partial charge in [0.05, 0.1) is 18.2 Å². The number of ether oxygens (including phenoxy) is 3. The quantitative estimate of drug-likeness (QED) is 0.0368. The molecular weight excluding hydrogens is 821 g/mol. The van der Waals surface area contributed by atoms with Crippen LogP contribution in [0.5, 0.6) is 17.2 Å². The molecule has 0 aromatic heterocycles. The van der Waals surface area contributed by atoms with E-state index < -0.39 is 17.7 Å². The largest absolute Gasteiger partial charge is 0.459 e. The van der Waals surface area contributed by atoms with E-state index in [1.54, 1.807) is 24.9 Å². The van der Waals surface area contributed by atoms with E-state index in [2.05, 4.69) is 84.5 Å². The second kappa shape index (κ2) is 21.6. The molecule has 340 valence electrons. The van der Waals surface area contributed by atoms with Crippen LogP contribution in [0.2, 0.25) is 0 Å². The van der Waals surface area contributed by atoms with Crippen molar-refractivity contribution < 1.29 is 34.1 Å². The number of nitrogens with zero attached hydrogens (tertiary/aromatic N) is 2. The SMILES string of the molecule is C=CCO[C@@]12Oc3ccc(Oc4ccc(SC)cc4)cc3[C@H]3[C@H](CCCCO)[C@@H](CCCCO)C=C(C(=NOC)C[C@@H]1N(Cc1cccc4ccccc14)C(=O)CCC1CCCC1)[C@H]32. The first-order valence-corrected chi connectivity index (χ1v) is 24.8. The number of aliphatic hydroxyl groups is 2. The number of carbonyl (C=O) groups excluding carboxylic acids is 1. The third-order valence-electron chi connectivity index (χ3n) is 14.3. The lowest BCUT2D eigenvalue weighted by atomic mass is 9.55. The van der Waals surface area contributed by atoms with Crippen molar-refractivity contribution in [2.24, 2.45) is 28.8 Å². The fourth-order valence-corrected chi connectivity index (χ4v) is 11.8. The Bertz CT molecular complexity index is 2270. The van der Waals surface area contributed by atoms with Gasteiger partial charge in [0.25, 0.3) is 0 Å². The van der Waals surface area contributed by atoms with Gasteiger partial charge in [0, 0.05) is 49.0 Å². The molecule has 1 heterocycles. The Morgan fingerprint density at radius 2 is 1.69 bits per heavy atom. The van der Waals surface area contributed by atoms with Crippen molar-refractivity contribution >= 4 is 34.2 Å². The number of allylic oxidation sites excluding steroid dienone is 1. The van der Waals surface area contributed by atoms with Crippen molar-refractivity contribution in [1.29, 1.82) is 0 Å². The van der Waals surface area contributed by atoms with Crippen LogP contribution in [0.1, 0.15) is 101 Å². The zero-order chi connectivity index (χ0) is 44.5. The van der Waals surface area contributed by atoms with Gasteiger partial charge >= 0.3 is 0 Å². The van der Waals surface area contributed by atoms with Crippen LogP contribution in [0.3, 0.4) is 0 Å². The van der Waals surface area contributed by atoms with Gasteiger partial charge in [-0.05, 0) is 120 Å². The van der Waals surface area contributed by atoms with E-state index in [9.17, 15) is 10.2 Å². The van der Waals surface area contributed by atoms with Gasteiger partial charge in [-0.25, -0.2) is 0 Å². The molecule has 64 heavy (non-hydrogen) atoms. The van der Waals surface area contributed by atoms with Gasteiger partial charge in [-0.1, -0.05) is 98.3 Å². The molecule has 1 amide bonds. The van der Waals surface area contributed by atoms with Crippen molar-refractivity contribution in [3.8, 4) is 17.2 Å². The van der Waals surface area contributed by atoms with Gasteiger partial charge in [-0.3, -0.25) is 4.79 Å². The highest BCUT2D eigenvalue weighted by atomic mass is 32.2. The van der Waals surface area contributed by atoms with Crippen molar-refractivity contribution in [3.63, 3.8) is 0 Å². The van der Waals surface area contributed by atoms with Crippen LogP contribution < -0.4 is 9.47 Å². The summed E-state index contributed by atoms with van der Waals surface area (Å²) in [6.07, 6.45) is 17.5. The number of benzene rings is 4. The Morgan fingerprint density at radius 1 is 0.938 bits per heavy atom. The predicted molar refractivity (Wildman–Crippen MR) is 256 cm³/mol. The van der Waals surface area contributed by atoms with E-state index in [4.69, 9.17) is 24.2 Å². The van der Waals surface area contributed by atoms with Crippen LogP contribution >= 0.6 is 11.8 Å². The summed E-state index contributed by atoms with van der Waals surface area (Å²) in [4.78, 5) is 24.3. The number of unbranched alkanes of at least 4 members (excludes halogenated alkanes) is 2. The van der Waals surface area contributed by atoms with E-state index in [0.29, 0.717) is 49.6 Å². The van der Waals surface area contributed by atoms with Crippen molar-refractivity contribution in [2.75, 3.05) is 33.2 Å².